The third kappa shape index (κ3) is 5.06. The van der Waals surface area contributed by atoms with Crippen molar-refractivity contribution in [1.29, 1.82) is 0 Å². The fourth-order valence-electron chi connectivity index (χ4n) is 2.34. The molecule has 0 bridgehead atoms. The zero-order valence-corrected chi connectivity index (χ0v) is 15.7. The molecular weight excluding hydrogens is 432 g/mol. The third-order valence-corrected chi connectivity index (χ3v) is 4.08. The van der Waals surface area contributed by atoms with Gasteiger partial charge in [0.2, 0.25) is 5.91 Å². The molecule has 2 rings (SSSR count). The van der Waals surface area contributed by atoms with E-state index in [1.54, 1.807) is 6.92 Å². The zero-order valence-electron chi connectivity index (χ0n) is 14.2. The smallest absolute Gasteiger partial charge is 0.257 e. The highest BCUT2D eigenvalue weighted by Crippen LogP contribution is 2.20. The number of nitrogens with zero attached hydrogens (tertiary/aromatic N) is 1. The van der Waals surface area contributed by atoms with Crippen molar-refractivity contribution in [3.63, 3.8) is 0 Å². The van der Waals surface area contributed by atoms with E-state index in [9.17, 15) is 27.2 Å². The molecule has 0 radical (unpaired) electrons. The number of amides is 2. The van der Waals surface area contributed by atoms with E-state index < -0.39 is 47.3 Å². The Bertz CT molecular complexity index is 877. The van der Waals surface area contributed by atoms with E-state index >= 15 is 0 Å². The predicted octanol–water partition coefficient (Wildman–Crippen LogP) is 4.50. The monoisotopic (exact) mass is 446 g/mol. The van der Waals surface area contributed by atoms with Gasteiger partial charge < -0.3 is 10.2 Å². The zero-order chi connectivity index (χ0) is 20.1. The van der Waals surface area contributed by atoms with Crippen LogP contribution in [0.1, 0.15) is 23.7 Å². The van der Waals surface area contributed by atoms with Crippen molar-refractivity contribution < 1.29 is 27.2 Å². The Balaban J connectivity index is 2.18. The van der Waals surface area contributed by atoms with E-state index in [0.29, 0.717) is 17.0 Å². The normalized spacial score (nSPS) is 10.6. The number of carbonyl (C=O) groups is 2. The summed E-state index contributed by atoms with van der Waals surface area (Å²) in [5, 5.41) is 2.08. The van der Waals surface area contributed by atoms with Gasteiger partial charge in [-0.1, -0.05) is 22.9 Å². The fourth-order valence-corrected chi connectivity index (χ4v) is 2.70. The lowest BCUT2D eigenvalue weighted by molar-refractivity contribution is -0.116. The predicted molar refractivity (Wildman–Crippen MR) is 95.2 cm³/mol. The van der Waals surface area contributed by atoms with Crippen molar-refractivity contribution >= 4 is 33.4 Å². The lowest BCUT2D eigenvalue weighted by Gasteiger charge is -2.22. The van der Waals surface area contributed by atoms with Crippen molar-refractivity contribution in [1.82, 2.24) is 4.90 Å². The molecule has 9 heteroatoms. The van der Waals surface area contributed by atoms with Gasteiger partial charge in [0.1, 0.15) is 12.4 Å². The molecule has 2 aromatic carbocycles. The fraction of sp³-hybridized carbons (Fsp3) is 0.222. The summed E-state index contributed by atoms with van der Waals surface area (Å²) in [5.74, 6) is -6.97. The molecule has 0 saturated heterocycles. The first kappa shape index (κ1) is 20.9. The second kappa shape index (κ2) is 8.98. The molecule has 0 fully saturated rings. The van der Waals surface area contributed by atoms with Gasteiger partial charge in [0.15, 0.2) is 17.5 Å². The Labute approximate surface area is 161 Å². The SMILES string of the molecule is CCCN(CC(=O)Nc1ccc(F)c(F)c1F)C(=O)c1cc(Br)ccc1F. The van der Waals surface area contributed by atoms with E-state index in [2.05, 4.69) is 21.2 Å². The van der Waals surface area contributed by atoms with E-state index in [1.165, 1.54) is 12.1 Å². The van der Waals surface area contributed by atoms with Crippen LogP contribution in [0.15, 0.2) is 34.8 Å². The lowest BCUT2D eigenvalue weighted by Crippen LogP contribution is -2.39. The summed E-state index contributed by atoms with van der Waals surface area (Å²) in [6.45, 7) is 1.37. The summed E-state index contributed by atoms with van der Waals surface area (Å²) in [6, 6.07) is 5.35. The van der Waals surface area contributed by atoms with Gasteiger partial charge >= 0.3 is 0 Å². The number of rotatable bonds is 6. The van der Waals surface area contributed by atoms with E-state index in [4.69, 9.17) is 0 Å². The van der Waals surface area contributed by atoms with Crippen LogP contribution in [0.4, 0.5) is 23.2 Å². The number of carbonyl (C=O) groups excluding carboxylic acids is 2. The van der Waals surface area contributed by atoms with Crippen molar-refractivity contribution in [2.75, 3.05) is 18.4 Å². The van der Waals surface area contributed by atoms with E-state index in [-0.39, 0.29) is 12.1 Å². The van der Waals surface area contributed by atoms with Crippen LogP contribution in [0, 0.1) is 23.3 Å². The molecule has 0 saturated carbocycles. The quantitative estimate of drug-likeness (QED) is 0.524. The third-order valence-electron chi connectivity index (χ3n) is 3.58. The molecule has 4 nitrogen and oxygen atoms in total. The van der Waals surface area contributed by atoms with Crippen LogP contribution in [0.5, 0.6) is 0 Å². The molecule has 0 atom stereocenters. The Hall–Kier alpha value is -2.42. The number of anilines is 1. The summed E-state index contributed by atoms with van der Waals surface area (Å²) in [4.78, 5) is 25.8. The van der Waals surface area contributed by atoms with Crippen LogP contribution in [0.25, 0.3) is 0 Å². The molecule has 0 unspecified atom stereocenters. The number of hydrogen-bond donors (Lipinski definition) is 1. The average molecular weight is 447 g/mol. The Morgan fingerprint density at radius 1 is 1.04 bits per heavy atom. The van der Waals surface area contributed by atoms with Gasteiger partial charge in [-0.05, 0) is 36.8 Å². The first-order valence-electron chi connectivity index (χ1n) is 7.92. The molecule has 0 aliphatic rings. The summed E-state index contributed by atoms with van der Waals surface area (Å²) >= 11 is 3.14. The molecule has 2 amide bonds. The molecular formula is C18H15BrF4N2O2. The molecule has 0 spiro atoms. The first-order chi connectivity index (χ1) is 12.7. The standard InChI is InChI=1S/C18H15BrF4N2O2/c1-2-7-25(18(27)11-8-10(19)3-4-12(11)20)9-15(26)24-14-6-5-13(21)16(22)17(14)23/h3-6,8H,2,7,9H2,1H3,(H,24,26). The molecule has 0 heterocycles. The molecule has 0 aliphatic heterocycles. The second-order valence-corrected chi connectivity index (χ2v) is 6.54. The maximum Gasteiger partial charge on any atom is 0.257 e. The topological polar surface area (TPSA) is 49.4 Å². The minimum atomic E-state index is -1.72. The summed E-state index contributed by atoms with van der Waals surface area (Å²) in [7, 11) is 0. The highest BCUT2D eigenvalue weighted by molar-refractivity contribution is 9.10. The molecule has 144 valence electrons. The van der Waals surface area contributed by atoms with Gasteiger partial charge in [-0.25, -0.2) is 17.6 Å². The summed E-state index contributed by atoms with van der Waals surface area (Å²) in [6.07, 6.45) is 0.480. The summed E-state index contributed by atoms with van der Waals surface area (Å²) in [5.41, 5.74) is -0.791. The van der Waals surface area contributed by atoms with Gasteiger partial charge in [-0.15, -0.1) is 0 Å². The van der Waals surface area contributed by atoms with Crippen molar-refractivity contribution in [3.8, 4) is 0 Å². The first-order valence-corrected chi connectivity index (χ1v) is 8.71. The molecule has 2 aromatic rings. The maximum absolute atomic E-state index is 13.9. The Morgan fingerprint density at radius 3 is 2.37 bits per heavy atom. The van der Waals surface area contributed by atoms with Crippen LogP contribution in [-0.4, -0.2) is 29.8 Å². The van der Waals surface area contributed by atoms with Crippen LogP contribution in [0.2, 0.25) is 0 Å². The van der Waals surface area contributed by atoms with Gasteiger partial charge in [0, 0.05) is 11.0 Å². The highest BCUT2D eigenvalue weighted by atomic mass is 79.9. The largest absolute Gasteiger partial charge is 0.329 e. The number of benzene rings is 2. The van der Waals surface area contributed by atoms with E-state index in [0.717, 1.165) is 17.0 Å². The molecule has 0 aromatic heterocycles. The minimum Gasteiger partial charge on any atom is -0.329 e. The van der Waals surface area contributed by atoms with Crippen molar-refractivity contribution in [2.45, 2.75) is 13.3 Å². The molecule has 1 N–H and O–H groups in total. The van der Waals surface area contributed by atoms with Gasteiger partial charge in [0.05, 0.1) is 11.3 Å². The Kier molecular flexibility index (Phi) is 6.95. The van der Waals surface area contributed by atoms with Crippen LogP contribution >= 0.6 is 15.9 Å². The van der Waals surface area contributed by atoms with Crippen molar-refractivity contribution in [2.24, 2.45) is 0 Å². The van der Waals surface area contributed by atoms with Crippen LogP contribution in [-0.2, 0) is 4.79 Å². The Morgan fingerprint density at radius 2 is 1.70 bits per heavy atom. The average Bonchev–Trinajstić information content (AvgIpc) is 2.63. The number of hydrogen-bond acceptors (Lipinski definition) is 2. The van der Waals surface area contributed by atoms with E-state index in [1.807, 2.05) is 0 Å². The van der Waals surface area contributed by atoms with Gasteiger partial charge in [-0.3, -0.25) is 9.59 Å². The number of nitrogens with one attached hydrogen (secondary N) is 1. The van der Waals surface area contributed by atoms with Crippen LogP contribution in [0.3, 0.4) is 0 Å². The summed E-state index contributed by atoms with van der Waals surface area (Å²) < 4.78 is 54.3. The lowest BCUT2D eigenvalue weighted by atomic mass is 10.1. The second-order valence-electron chi connectivity index (χ2n) is 5.62. The van der Waals surface area contributed by atoms with Gasteiger partial charge in [-0.2, -0.15) is 0 Å². The van der Waals surface area contributed by atoms with Crippen molar-refractivity contribution in [3.05, 3.63) is 63.6 Å². The number of halogens is 5. The minimum absolute atomic E-state index is 0.137. The molecule has 0 aliphatic carbocycles. The van der Waals surface area contributed by atoms with Crippen LogP contribution < -0.4 is 5.32 Å². The molecule has 27 heavy (non-hydrogen) atoms. The maximum atomic E-state index is 13.9. The highest BCUT2D eigenvalue weighted by Gasteiger charge is 2.22. The van der Waals surface area contributed by atoms with Gasteiger partial charge in [0.25, 0.3) is 5.91 Å².